The van der Waals surface area contributed by atoms with E-state index in [4.69, 9.17) is 16.3 Å². The summed E-state index contributed by atoms with van der Waals surface area (Å²) in [4.78, 5) is 27.4. The maximum Gasteiger partial charge on any atom is 0.317 e. The Kier molecular flexibility index (Phi) is 6.24. The first-order valence-electron chi connectivity index (χ1n) is 7.75. The van der Waals surface area contributed by atoms with Crippen LogP contribution in [0, 0.1) is 0 Å². The Morgan fingerprint density at radius 1 is 1.43 bits per heavy atom. The average Bonchev–Trinajstić information content (AvgIpc) is 2.55. The van der Waals surface area contributed by atoms with E-state index in [0.717, 1.165) is 5.69 Å². The van der Waals surface area contributed by atoms with Gasteiger partial charge in [-0.25, -0.2) is 4.79 Å². The Balaban J connectivity index is 1.95. The van der Waals surface area contributed by atoms with E-state index in [-0.39, 0.29) is 24.6 Å². The minimum absolute atomic E-state index is 0.00167. The van der Waals surface area contributed by atoms with E-state index in [1.54, 1.807) is 28.0 Å². The summed E-state index contributed by atoms with van der Waals surface area (Å²) in [5, 5.41) is 3.43. The number of carbonyl (C=O) groups is 2. The summed E-state index contributed by atoms with van der Waals surface area (Å²) in [5.41, 5.74) is 0.742. The van der Waals surface area contributed by atoms with E-state index in [1.807, 2.05) is 19.9 Å². The Labute approximate surface area is 141 Å². The van der Waals surface area contributed by atoms with Crippen LogP contribution in [0.15, 0.2) is 24.3 Å². The summed E-state index contributed by atoms with van der Waals surface area (Å²) in [7, 11) is 0. The quantitative estimate of drug-likeness (QED) is 0.893. The molecule has 0 saturated carbocycles. The summed E-state index contributed by atoms with van der Waals surface area (Å²) in [6.45, 7) is 5.91. The van der Waals surface area contributed by atoms with E-state index in [0.29, 0.717) is 31.2 Å². The highest BCUT2D eigenvalue weighted by Crippen LogP contribution is 2.22. The van der Waals surface area contributed by atoms with Gasteiger partial charge >= 0.3 is 6.03 Å². The second kappa shape index (κ2) is 8.17. The van der Waals surface area contributed by atoms with Crippen LogP contribution in [0.5, 0.6) is 0 Å². The molecule has 1 aromatic carbocycles. The van der Waals surface area contributed by atoms with Crippen LogP contribution in [-0.4, -0.2) is 55.7 Å². The largest absolute Gasteiger partial charge is 0.365 e. The Morgan fingerprint density at radius 3 is 2.83 bits per heavy atom. The van der Waals surface area contributed by atoms with E-state index in [1.165, 1.54) is 0 Å². The van der Waals surface area contributed by atoms with Crippen molar-refractivity contribution in [2.45, 2.75) is 20.0 Å². The maximum absolute atomic E-state index is 12.1. The van der Waals surface area contributed by atoms with Crippen LogP contribution in [-0.2, 0) is 9.53 Å². The van der Waals surface area contributed by atoms with Gasteiger partial charge in [-0.1, -0.05) is 17.7 Å². The third-order valence-corrected chi connectivity index (χ3v) is 4.02. The first-order chi connectivity index (χ1) is 11.0. The molecule has 1 aromatic rings. The number of carbonyl (C=O) groups excluding carboxylic acids is 2. The number of amides is 3. The number of nitrogens with one attached hydrogen (secondary N) is 1. The third-order valence-electron chi connectivity index (χ3n) is 3.78. The zero-order valence-electron chi connectivity index (χ0n) is 13.4. The molecule has 6 nitrogen and oxygen atoms in total. The molecule has 0 bridgehead atoms. The molecule has 1 saturated heterocycles. The van der Waals surface area contributed by atoms with Gasteiger partial charge < -0.3 is 19.9 Å². The fourth-order valence-corrected chi connectivity index (χ4v) is 2.65. The van der Waals surface area contributed by atoms with Gasteiger partial charge in [0.15, 0.2) is 0 Å². The predicted octanol–water partition coefficient (Wildman–Crippen LogP) is 2.12. The van der Waals surface area contributed by atoms with Crippen LogP contribution in [0.2, 0.25) is 5.02 Å². The van der Waals surface area contributed by atoms with Crippen molar-refractivity contribution in [3.05, 3.63) is 29.3 Å². The minimum Gasteiger partial charge on any atom is -0.365 e. The number of nitrogens with zero attached hydrogens (tertiary/aromatic N) is 2. The number of morpholine rings is 1. The van der Waals surface area contributed by atoms with Gasteiger partial charge in [-0.2, -0.15) is 0 Å². The number of hydrogen-bond donors (Lipinski definition) is 1. The molecule has 1 aliphatic rings. The van der Waals surface area contributed by atoms with Gasteiger partial charge in [0.05, 0.1) is 12.6 Å². The van der Waals surface area contributed by atoms with Crippen molar-refractivity contribution in [1.29, 1.82) is 0 Å². The summed E-state index contributed by atoms with van der Waals surface area (Å²) >= 11 is 5.99. The predicted molar refractivity (Wildman–Crippen MR) is 89.9 cm³/mol. The van der Waals surface area contributed by atoms with Crippen LogP contribution >= 0.6 is 11.6 Å². The first kappa shape index (κ1) is 17.6. The Hall–Kier alpha value is -1.79. The molecule has 126 valence electrons. The lowest BCUT2D eigenvalue weighted by Gasteiger charge is -2.33. The maximum atomic E-state index is 12.1. The number of ether oxygens (including phenoxy) is 1. The van der Waals surface area contributed by atoms with Crippen molar-refractivity contribution in [2.75, 3.05) is 37.7 Å². The lowest BCUT2D eigenvalue weighted by atomic mass is 10.2. The fourth-order valence-electron chi connectivity index (χ4n) is 2.47. The molecule has 7 heteroatoms. The molecule has 0 aromatic heterocycles. The van der Waals surface area contributed by atoms with Gasteiger partial charge in [0.25, 0.3) is 5.91 Å². The third kappa shape index (κ3) is 4.59. The van der Waals surface area contributed by atoms with Gasteiger partial charge in [-0.15, -0.1) is 0 Å². The minimum atomic E-state index is -0.244. The van der Waals surface area contributed by atoms with Crippen LogP contribution in [0.3, 0.4) is 0 Å². The first-order valence-corrected chi connectivity index (χ1v) is 8.13. The number of rotatable bonds is 5. The van der Waals surface area contributed by atoms with Crippen molar-refractivity contribution in [1.82, 2.24) is 10.2 Å². The monoisotopic (exact) mass is 339 g/mol. The van der Waals surface area contributed by atoms with Crippen LogP contribution < -0.4 is 10.2 Å². The van der Waals surface area contributed by atoms with Gasteiger partial charge in [0.2, 0.25) is 0 Å². The standard InChI is InChI=1S/C16H22ClN3O3/c1-3-19(4-2)16(22)18-9-14-10-20(15(21)11-23-14)13-7-5-6-12(17)8-13/h5-8,14H,3-4,9-11H2,1-2H3,(H,18,22). The molecular formula is C16H22ClN3O3. The van der Waals surface area contributed by atoms with E-state index in [2.05, 4.69) is 5.32 Å². The highest BCUT2D eigenvalue weighted by atomic mass is 35.5. The van der Waals surface area contributed by atoms with Crippen molar-refractivity contribution in [3.63, 3.8) is 0 Å². The SMILES string of the molecule is CCN(CC)C(=O)NCC1CN(c2cccc(Cl)c2)C(=O)CO1. The Bertz CT molecular complexity index is 563. The lowest BCUT2D eigenvalue weighted by Crippen LogP contribution is -2.52. The molecule has 23 heavy (non-hydrogen) atoms. The number of urea groups is 1. The molecule has 3 amide bonds. The second-order valence-electron chi connectivity index (χ2n) is 5.28. The topological polar surface area (TPSA) is 61.9 Å². The number of hydrogen-bond acceptors (Lipinski definition) is 3. The van der Waals surface area contributed by atoms with Gasteiger partial charge in [-0.3, -0.25) is 4.79 Å². The zero-order valence-corrected chi connectivity index (χ0v) is 14.2. The second-order valence-corrected chi connectivity index (χ2v) is 5.71. The normalized spacial score (nSPS) is 18.0. The molecule has 1 N–H and O–H groups in total. The van der Waals surface area contributed by atoms with Crippen LogP contribution in [0.25, 0.3) is 0 Å². The van der Waals surface area contributed by atoms with Crippen molar-refractivity contribution < 1.29 is 14.3 Å². The van der Waals surface area contributed by atoms with E-state index >= 15 is 0 Å². The van der Waals surface area contributed by atoms with Crippen LogP contribution in [0.1, 0.15) is 13.8 Å². The average molecular weight is 340 g/mol. The molecule has 1 unspecified atom stereocenters. The summed E-state index contributed by atoms with van der Waals surface area (Å²) in [6, 6.07) is 7.02. The summed E-state index contributed by atoms with van der Waals surface area (Å²) < 4.78 is 5.51. The molecule has 1 atom stereocenters. The number of benzene rings is 1. The zero-order chi connectivity index (χ0) is 16.8. The van der Waals surface area contributed by atoms with Crippen molar-refractivity contribution in [3.8, 4) is 0 Å². The molecule has 0 spiro atoms. The summed E-state index contributed by atoms with van der Waals surface area (Å²) in [5.74, 6) is -0.112. The van der Waals surface area contributed by atoms with Crippen molar-refractivity contribution in [2.24, 2.45) is 0 Å². The molecule has 0 radical (unpaired) electrons. The number of halogens is 1. The summed E-state index contributed by atoms with van der Waals surface area (Å²) in [6.07, 6.45) is -0.244. The fraction of sp³-hybridized carbons (Fsp3) is 0.500. The molecule has 1 fully saturated rings. The van der Waals surface area contributed by atoms with E-state index in [9.17, 15) is 9.59 Å². The Morgan fingerprint density at radius 2 is 2.17 bits per heavy atom. The van der Waals surface area contributed by atoms with Crippen molar-refractivity contribution >= 4 is 29.2 Å². The molecule has 1 heterocycles. The van der Waals surface area contributed by atoms with Gasteiger partial charge in [0.1, 0.15) is 6.61 Å². The van der Waals surface area contributed by atoms with E-state index < -0.39 is 0 Å². The molecule has 2 rings (SSSR count). The van der Waals surface area contributed by atoms with Gasteiger partial charge in [-0.05, 0) is 32.0 Å². The van der Waals surface area contributed by atoms with Gasteiger partial charge in [0, 0.05) is 30.3 Å². The highest BCUT2D eigenvalue weighted by molar-refractivity contribution is 6.30. The number of anilines is 1. The van der Waals surface area contributed by atoms with Crippen LogP contribution in [0.4, 0.5) is 10.5 Å². The smallest absolute Gasteiger partial charge is 0.317 e. The molecule has 1 aliphatic heterocycles. The highest BCUT2D eigenvalue weighted by Gasteiger charge is 2.28. The molecule has 0 aliphatic carbocycles. The molecular weight excluding hydrogens is 318 g/mol. The lowest BCUT2D eigenvalue weighted by molar-refractivity contribution is -0.129.